The third-order valence-corrected chi connectivity index (χ3v) is 16.7. The first-order valence-electron chi connectivity index (χ1n) is 38.3. The van der Waals surface area contributed by atoms with Crippen molar-refractivity contribution in [3.63, 3.8) is 0 Å². The van der Waals surface area contributed by atoms with Gasteiger partial charge in [0.05, 0.1) is 32.8 Å². The van der Waals surface area contributed by atoms with E-state index in [9.17, 15) is 43.2 Å². The Bertz CT molecular complexity index is 2790. The van der Waals surface area contributed by atoms with Crippen molar-refractivity contribution in [1.29, 1.82) is 0 Å². The first-order chi connectivity index (χ1) is 50.7. The molecule has 5 atom stereocenters. The van der Waals surface area contributed by atoms with Gasteiger partial charge in [0, 0.05) is 19.3 Å². The van der Waals surface area contributed by atoms with Crippen molar-refractivity contribution < 1.29 is 80.2 Å². The average molecular weight is 1490 g/mol. The largest absolute Gasteiger partial charge is 0.472 e. The summed E-state index contributed by atoms with van der Waals surface area (Å²) in [6, 6.07) is 0. The topological polar surface area (TPSA) is 237 Å². The van der Waals surface area contributed by atoms with Gasteiger partial charge in [0.25, 0.3) is 0 Å². The zero-order valence-corrected chi connectivity index (χ0v) is 65.4. The summed E-state index contributed by atoms with van der Waals surface area (Å²) in [6.45, 7) is 4.19. The monoisotopic (exact) mass is 1490 g/mol. The molecule has 0 rings (SSSR count). The molecule has 0 radical (unpaired) electrons. The molecule has 5 unspecified atom stereocenters. The molecule has 0 aromatic heterocycles. The smallest absolute Gasteiger partial charge is 0.462 e. The van der Waals surface area contributed by atoms with Gasteiger partial charge in [-0.25, -0.2) is 9.13 Å². The first kappa shape index (κ1) is 97.6. The van der Waals surface area contributed by atoms with Crippen LogP contribution >= 0.6 is 15.6 Å². The average Bonchev–Trinajstić information content (AvgIpc) is 0.937. The Balaban J connectivity index is 5.57. The third-order valence-electron chi connectivity index (χ3n) is 14.8. The summed E-state index contributed by atoms with van der Waals surface area (Å²) in [5.74, 6) is -2.50. The maximum atomic E-state index is 13.1. The van der Waals surface area contributed by atoms with E-state index in [-0.39, 0.29) is 25.7 Å². The van der Waals surface area contributed by atoms with Crippen LogP contribution in [0.1, 0.15) is 246 Å². The van der Waals surface area contributed by atoms with Crippen LogP contribution in [0.4, 0.5) is 0 Å². The van der Waals surface area contributed by atoms with Gasteiger partial charge in [0.2, 0.25) is 0 Å². The van der Waals surface area contributed by atoms with Crippen LogP contribution in [0.25, 0.3) is 0 Å². The molecule has 0 aliphatic rings. The van der Waals surface area contributed by atoms with Gasteiger partial charge in [-0.15, -0.1) is 0 Å². The second-order valence-corrected chi connectivity index (χ2v) is 27.4. The second kappa shape index (κ2) is 74.9. The Morgan fingerprint density at radius 2 is 0.548 bits per heavy atom. The maximum Gasteiger partial charge on any atom is 0.472 e. The van der Waals surface area contributed by atoms with Gasteiger partial charge in [0.1, 0.15) is 19.3 Å². The summed E-state index contributed by atoms with van der Waals surface area (Å²) in [4.78, 5) is 72.8. The summed E-state index contributed by atoms with van der Waals surface area (Å²) >= 11 is 0. The van der Waals surface area contributed by atoms with E-state index in [0.29, 0.717) is 38.5 Å². The minimum atomic E-state index is -5.03. The second-order valence-electron chi connectivity index (χ2n) is 24.5. The van der Waals surface area contributed by atoms with E-state index in [1.54, 1.807) is 12.2 Å². The third kappa shape index (κ3) is 73.9. The van der Waals surface area contributed by atoms with Crippen LogP contribution in [0.3, 0.4) is 0 Å². The summed E-state index contributed by atoms with van der Waals surface area (Å²) in [5, 5.41) is 10.6. The Hall–Kier alpha value is -6.36. The molecule has 0 aliphatic carbocycles. The van der Waals surface area contributed by atoms with Crippen LogP contribution in [-0.4, -0.2) is 96.7 Å². The number of phosphoric ester groups is 2. The van der Waals surface area contributed by atoms with E-state index in [1.807, 2.05) is 36.5 Å². The van der Waals surface area contributed by atoms with Crippen LogP contribution < -0.4 is 0 Å². The molecule has 584 valence electrons. The molecule has 3 N–H and O–H groups in total. The molecule has 0 amide bonds. The molecular weight excluding hydrogens is 1350 g/mol. The highest BCUT2D eigenvalue weighted by molar-refractivity contribution is 7.47. The van der Waals surface area contributed by atoms with Crippen LogP contribution in [-0.2, 0) is 65.4 Å². The quantitative estimate of drug-likeness (QED) is 0.0169. The highest BCUT2D eigenvalue weighted by atomic mass is 31.2. The van der Waals surface area contributed by atoms with Crippen LogP contribution in [0.5, 0.6) is 0 Å². The summed E-state index contributed by atoms with van der Waals surface area (Å²) in [5.41, 5.74) is 0. The van der Waals surface area contributed by atoms with Gasteiger partial charge >= 0.3 is 39.5 Å². The van der Waals surface area contributed by atoms with Crippen LogP contribution in [0, 0.1) is 0 Å². The van der Waals surface area contributed by atoms with Crippen molar-refractivity contribution in [1.82, 2.24) is 0 Å². The molecule has 0 saturated carbocycles. The summed E-state index contributed by atoms with van der Waals surface area (Å²) in [7, 11) is -10.0. The normalized spacial score (nSPS) is 15.0. The fourth-order valence-corrected chi connectivity index (χ4v) is 10.6. The standard InChI is InChI=1S/C85H132O17P2/c1-5-9-13-17-21-25-29-33-37-39-43-45-49-53-57-61-65-69-82(87)95-75-80(101-84(89)71-67-63-59-55-51-47-41-35-31-27-23-19-15-11-7-3)77-99-103(91,92)97-73-79(86)74-98-104(93,94)100-78-81(102-85(90)72-68-64-60-56-52-48-42-36-32-28-24-20-16-12-8-4)76-96-83(88)70-66-62-58-54-50-46-44-40-38-34-30-26-22-18-14-10-6-2/h9-11,13-15,21-28,33-38,41-46,51,53-55,57-58,63,67,79-81,86H,5-8,12,16-20,29-32,39-40,47-50,52,56,59-62,64-66,68-78H2,1-4H3,(H,91,92)(H,93,94)/b13-9-,14-10-,15-11-,25-21-,26-22-,27-23-,28-24-,37-33-,38-34-,41-35-,42-36-,45-43-,46-44-,55-51-,57-53-,58-54-,67-63-. The predicted octanol–water partition coefficient (Wildman–Crippen LogP) is 22.3. The fourth-order valence-electron chi connectivity index (χ4n) is 9.04. The lowest BCUT2D eigenvalue weighted by Crippen LogP contribution is -2.30. The first-order valence-corrected chi connectivity index (χ1v) is 41.3. The van der Waals surface area contributed by atoms with Crippen molar-refractivity contribution in [2.24, 2.45) is 0 Å². The molecule has 0 spiro atoms. The van der Waals surface area contributed by atoms with E-state index < -0.39 is 97.5 Å². The zero-order chi connectivity index (χ0) is 76.0. The molecule has 0 fully saturated rings. The molecule has 0 saturated heterocycles. The minimum absolute atomic E-state index is 0.0534. The molecule has 0 heterocycles. The number of unbranched alkanes of at least 4 members (excludes halogenated alkanes) is 10. The molecule has 19 heteroatoms. The van der Waals surface area contributed by atoms with Crippen LogP contribution in [0.2, 0.25) is 0 Å². The number of hydrogen-bond donors (Lipinski definition) is 3. The van der Waals surface area contributed by atoms with E-state index in [0.717, 1.165) is 135 Å². The van der Waals surface area contributed by atoms with Gasteiger partial charge in [-0.2, -0.15) is 0 Å². The van der Waals surface area contributed by atoms with Crippen molar-refractivity contribution >= 4 is 39.5 Å². The number of carbonyl (C=O) groups excluding carboxylic acids is 4. The number of rotatable bonds is 69. The molecule has 17 nitrogen and oxygen atoms in total. The van der Waals surface area contributed by atoms with Gasteiger partial charge in [-0.1, -0.05) is 266 Å². The highest BCUT2D eigenvalue weighted by Crippen LogP contribution is 2.45. The van der Waals surface area contributed by atoms with E-state index in [1.165, 1.54) is 19.3 Å². The van der Waals surface area contributed by atoms with E-state index >= 15 is 0 Å². The van der Waals surface area contributed by atoms with E-state index in [2.05, 4.69) is 186 Å². The van der Waals surface area contributed by atoms with Crippen LogP contribution in [0.15, 0.2) is 207 Å². The molecular formula is C85H132O17P2. The van der Waals surface area contributed by atoms with Crippen molar-refractivity contribution in [2.75, 3.05) is 39.6 Å². The number of carbonyl (C=O) groups is 4. The lowest BCUT2D eigenvalue weighted by atomic mass is 10.1. The Labute approximate surface area is 627 Å². The maximum absolute atomic E-state index is 13.1. The molecule has 0 aromatic carbocycles. The summed E-state index contributed by atoms with van der Waals surface area (Å²) < 4.78 is 68.2. The number of ether oxygens (including phenoxy) is 4. The van der Waals surface area contributed by atoms with Gasteiger partial charge in [-0.3, -0.25) is 37.3 Å². The Kier molecular flexibility index (Phi) is 70.3. The number of hydrogen-bond acceptors (Lipinski definition) is 15. The van der Waals surface area contributed by atoms with Gasteiger partial charge in [-0.05, 0) is 161 Å². The molecule has 104 heavy (non-hydrogen) atoms. The minimum Gasteiger partial charge on any atom is -0.462 e. The zero-order valence-electron chi connectivity index (χ0n) is 63.6. The number of esters is 4. The molecule has 0 aliphatic heterocycles. The number of aliphatic hydroxyl groups excluding tert-OH is 1. The number of aliphatic hydroxyl groups is 1. The predicted molar refractivity (Wildman–Crippen MR) is 426 cm³/mol. The lowest BCUT2D eigenvalue weighted by Gasteiger charge is -2.21. The molecule has 0 bridgehead atoms. The summed E-state index contributed by atoms with van der Waals surface area (Å²) in [6.07, 6.45) is 92.9. The SMILES string of the molecule is CC/C=C\C/C=C\C/C=C\C/C=C\C/C=C\CCCC(=O)OCC(COP(=O)(O)OCC(O)COP(=O)(O)OCC(COC(=O)CCC/C=C\C/C=C\C/C=C\C/C=C\C/C=C\CC)OC(=O)CCCCCCC/C=C\C/C=C\CCCCC)OC(=O)C/C=C\C/C=C\C/C=C\C/C=C\C/C=C\CC. The Morgan fingerprint density at radius 3 is 0.885 bits per heavy atom. The van der Waals surface area contributed by atoms with Gasteiger partial charge < -0.3 is 33.8 Å². The van der Waals surface area contributed by atoms with Gasteiger partial charge in [0.15, 0.2) is 12.2 Å². The molecule has 0 aromatic rings. The number of allylic oxidation sites excluding steroid dienone is 33. The number of phosphoric acid groups is 2. The lowest BCUT2D eigenvalue weighted by molar-refractivity contribution is -0.161. The van der Waals surface area contributed by atoms with Crippen molar-refractivity contribution in [2.45, 2.75) is 264 Å². The Morgan fingerprint density at radius 1 is 0.288 bits per heavy atom. The highest BCUT2D eigenvalue weighted by Gasteiger charge is 2.30. The van der Waals surface area contributed by atoms with E-state index in [4.69, 9.17) is 37.0 Å². The van der Waals surface area contributed by atoms with Crippen molar-refractivity contribution in [3.8, 4) is 0 Å². The van der Waals surface area contributed by atoms with Crippen molar-refractivity contribution in [3.05, 3.63) is 207 Å². The fraction of sp³-hybridized carbons (Fsp3) is 0.553.